The number of nitrogens with one attached hydrogen (secondary N) is 3. The summed E-state index contributed by atoms with van der Waals surface area (Å²) in [6, 6.07) is 13.7. The molecule has 1 saturated carbocycles. The minimum absolute atomic E-state index is 0.0475. The first kappa shape index (κ1) is 25.6. The summed E-state index contributed by atoms with van der Waals surface area (Å²) in [7, 11) is 0. The number of hydrogen-bond acceptors (Lipinski definition) is 6. The quantitative estimate of drug-likeness (QED) is 0.447. The van der Waals surface area contributed by atoms with Gasteiger partial charge in [0, 0.05) is 17.4 Å². The summed E-state index contributed by atoms with van der Waals surface area (Å²) in [6.07, 6.45) is 8.00. The van der Waals surface area contributed by atoms with Crippen molar-refractivity contribution in [3.63, 3.8) is 0 Å². The summed E-state index contributed by atoms with van der Waals surface area (Å²) in [6.45, 7) is 3.89. The second-order valence-corrected chi connectivity index (χ2v) is 10.1. The van der Waals surface area contributed by atoms with Crippen molar-refractivity contribution in [2.45, 2.75) is 64.3 Å². The van der Waals surface area contributed by atoms with Gasteiger partial charge in [0.1, 0.15) is 5.76 Å². The van der Waals surface area contributed by atoms with Gasteiger partial charge < -0.3 is 20.4 Å². The number of thioether (sulfide) groups is 1. The van der Waals surface area contributed by atoms with Gasteiger partial charge in [-0.2, -0.15) is 5.26 Å². The summed E-state index contributed by atoms with van der Waals surface area (Å²) >= 11 is 1.28. The Balaban J connectivity index is 1.54. The maximum Gasteiger partial charge on any atom is 0.254 e. The number of nitriles is 1. The first-order valence-electron chi connectivity index (χ1n) is 12.5. The molecule has 1 atom stereocenters. The number of rotatable bonds is 8. The minimum Gasteiger partial charge on any atom is -0.468 e. The number of hydrogen-bond donors (Lipinski definition) is 3. The molecule has 1 aliphatic carbocycles. The molecule has 2 amide bonds. The molecule has 2 aliphatic rings. The van der Waals surface area contributed by atoms with Crippen LogP contribution in [0.25, 0.3) is 0 Å². The lowest BCUT2D eigenvalue weighted by Crippen LogP contribution is -2.37. The first-order chi connectivity index (χ1) is 17.5. The Morgan fingerprint density at radius 1 is 1.17 bits per heavy atom. The highest BCUT2D eigenvalue weighted by molar-refractivity contribution is 8.03. The van der Waals surface area contributed by atoms with Crippen molar-refractivity contribution >= 4 is 29.3 Å². The Bertz CT molecular complexity index is 1190. The fraction of sp³-hybridized carbons (Fsp3) is 0.393. The predicted octanol–water partition coefficient (Wildman–Crippen LogP) is 5.36. The molecule has 1 fully saturated rings. The summed E-state index contributed by atoms with van der Waals surface area (Å²) in [4.78, 5) is 26.0. The molecule has 2 aromatic rings. The van der Waals surface area contributed by atoms with Gasteiger partial charge in [-0.1, -0.05) is 50.1 Å². The van der Waals surface area contributed by atoms with Crippen LogP contribution in [0.5, 0.6) is 0 Å². The van der Waals surface area contributed by atoms with Crippen LogP contribution in [-0.4, -0.2) is 23.6 Å². The van der Waals surface area contributed by atoms with Crippen molar-refractivity contribution in [1.82, 2.24) is 10.6 Å². The van der Waals surface area contributed by atoms with E-state index in [2.05, 4.69) is 28.9 Å². The fourth-order valence-corrected chi connectivity index (χ4v) is 5.65. The van der Waals surface area contributed by atoms with E-state index in [4.69, 9.17) is 4.42 Å². The number of anilines is 1. The van der Waals surface area contributed by atoms with Crippen molar-refractivity contribution in [2.75, 3.05) is 11.1 Å². The van der Waals surface area contributed by atoms with Gasteiger partial charge in [-0.3, -0.25) is 9.59 Å². The Morgan fingerprint density at radius 3 is 2.56 bits per heavy atom. The topological polar surface area (TPSA) is 107 Å². The Kier molecular flexibility index (Phi) is 8.55. The predicted molar refractivity (Wildman–Crippen MR) is 142 cm³/mol. The van der Waals surface area contributed by atoms with E-state index in [1.54, 1.807) is 12.1 Å². The van der Waals surface area contributed by atoms with Crippen LogP contribution >= 0.6 is 11.8 Å². The van der Waals surface area contributed by atoms with Gasteiger partial charge in [-0.25, -0.2) is 0 Å². The van der Waals surface area contributed by atoms with Crippen LogP contribution in [0.15, 0.2) is 69.0 Å². The average Bonchev–Trinajstić information content (AvgIpc) is 3.42. The zero-order valence-corrected chi connectivity index (χ0v) is 21.5. The first-order valence-corrected chi connectivity index (χ1v) is 13.5. The summed E-state index contributed by atoms with van der Waals surface area (Å²) in [5, 5.41) is 20.0. The van der Waals surface area contributed by atoms with Crippen LogP contribution in [0.1, 0.15) is 63.2 Å². The average molecular weight is 505 g/mol. The molecule has 1 aliphatic heterocycles. The molecule has 3 N–H and O–H groups in total. The van der Waals surface area contributed by atoms with Crippen LogP contribution in [0, 0.1) is 11.3 Å². The monoisotopic (exact) mass is 504 g/mol. The molecule has 36 heavy (non-hydrogen) atoms. The van der Waals surface area contributed by atoms with E-state index in [-0.39, 0.29) is 23.6 Å². The maximum absolute atomic E-state index is 13.4. The van der Waals surface area contributed by atoms with Gasteiger partial charge in [0.15, 0.2) is 0 Å². The maximum atomic E-state index is 13.4. The lowest BCUT2D eigenvalue weighted by atomic mass is 9.85. The second kappa shape index (κ2) is 12.0. The lowest BCUT2D eigenvalue weighted by molar-refractivity contribution is -0.119. The van der Waals surface area contributed by atoms with E-state index in [0.717, 1.165) is 32.1 Å². The zero-order chi connectivity index (χ0) is 25.5. The highest BCUT2D eigenvalue weighted by atomic mass is 32.2. The van der Waals surface area contributed by atoms with Crippen molar-refractivity contribution < 1.29 is 14.0 Å². The molecule has 4 rings (SSSR count). The van der Waals surface area contributed by atoms with Crippen molar-refractivity contribution in [2.24, 2.45) is 0 Å². The van der Waals surface area contributed by atoms with E-state index in [9.17, 15) is 14.9 Å². The summed E-state index contributed by atoms with van der Waals surface area (Å²) in [5.74, 6) is -0.340. The molecule has 0 saturated heterocycles. The zero-order valence-electron chi connectivity index (χ0n) is 20.7. The van der Waals surface area contributed by atoms with Crippen LogP contribution in [-0.2, 0) is 16.0 Å². The molecule has 0 spiro atoms. The van der Waals surface area contributed by atoms with Crippen LogP contribution in [0.3, 0.4) is 0 Å². The number of furan rings is 1. The van der Waals surface area contributed by atoms with Gasteiger partial charge in [0.05, 0.1) is 40.2 Å². The molecule has 7 nitrogen and oxygen atoms in total. The SMILES string of the molecule is CCc1ccc(NC(=O)C2=C(C)NC(SCC(=O)NC3CCCCC3)=C(C#N)[C@H]2c2ccco2)cc1. The van der Waals surface area contributed by atoms with Crippen LogP contribution in [0.2, 0.25) is 0 Å². The van der Waals surface area contributed by atoms with E-state index in [1.165, 1.54) is 30.0 Å². The minimum atomic E-state index is -0.676. The van der Waals surface area contributed by atoms with Gasteiger partial charge >= 0.3 is 0 Å². The molecule has 1 aromatic heterocycles. The highest BCUT2D eigenvalue weighted by Gasteiger charge is 2.36. The number of amides is 2. The van der Waals surface area contributed by atoms with Crippen molar-refractivity contribution in [1.29, 1.82) is 5.26 Å². The van der Waals surface area contributed by atoms with E-state index >= 15 is 0 Å². The fourth-order valence-electron chi connectivity index (χ4n) is 4.74. The second-order valence-electron chi connectivity index (χ2n) is 9.16. The van der Waals surface area contributed by atoms with Gasteiger partial charge in [-0.15, -0.1) is 0 Å². The van der Waals surface area contributed by atoms with Crippen molar-refractivity contribution in [3.8, 4) is 6.07 Å². The lowest BCUT2D eigenvalue weighted by Gasteiger charge is -2.28. The Labute approximate surface area is 216 Å². The van der Waals surface area contributed by atoms with Crippen LogP contribution in [0.4, 0.5) is 5.69 Å². The molecule has 0 bridgehead atoms. The number of benzene rings is 1. The third-order valence-corrected chi connectivity index (χ3v) is 7.67. The molecule has 1 aromatic carbocycles. The van der Waals surface area contributed by atoms with Gasteiger partial charge in [-0.05, 0) is 56.0 Å². The molecule has 0 radical (unpaired) electrons. The Hall–Kier alpha value is -3.44. The molecule has 188 valence electrons. The summed E-state index contributed by atoms with van der Waals surface area (Å²) in [5.41, 5.74) is 3.25. The Morgan fingerprint density at radius 2 is 1.92 bits per heavy atom. The number of nitrogens with zero attached hydrogens (tertiary/aromatic N) is 1. The largest absolute Gasteiger partial charge is 0.468 e. The highest BCUT2D eigenvalue weighted by Crippen LogP contribution is 2.41. The standard InChI is InChI=1S/C28H32N4O3S/c1-3-19-11-13-21(14-12-19)32-27(34)25-18(2)30-28(22(16-29)26(25)23-10-7-15-35-23)36-17-24(33)31-20-8-5-4-6-9-20/h7,10-15,20,26,30H,3-6,8-9,17H2,1-2H3,(H,31,33)(H,32,34)/t26-/m0/s1. The van der Waals surface area contributed by atoms with Crippen molar-refractivity contribution in [3.05, 3.63) is 75.9 Å². The molecule has 0 unspecified atom stereocenters. The normalized spacial score (nSPS) is 18.4. The smallest absolute Gasteiger partial charge is 0.254 e. The number of aryl methyl sites for hydroxylation is 1. The van der Waals surface area contributed by atoms with Crippen LogP contribution < -0.4 is 16.0 Å². The third-order valence-electron chi connectivity index (χ3n) is 6.66. The number of carbonyl (C=O) groups excluding carboxylic acids is 2. The number of dihydropyridines is 1. The number of carbonyl (C=O) groups is 2. The van der Waals surface area contributed by atoms with E-state index in [1.807, 2.05) is 31.2 Å². The molecular weight excluding hydrogens is 472 g/mol. The molecule has 8 heteroatoms. The van der Waals surface area contributed by atoms with Gasteiger partial charge in [0.2, 0.25) is 5.91 Å². The van der Waals surface area contributed by atoms with Gasteiger partial charge in [0.25, 0.3) is 5.91 Å². The molecular formula is C28H32N4O3S. The third kappa shape index (κ3) is 6.03. The number of allylic oxidation sites excluding steroid dienone is 2. The van der Waals surface area contributed by atoms with E-state index in [0.29, 0.717) is 33.3 Å². The molecule has 2 heterocycles. The summed E-state index contributed by atoms with van der Waals surface area (Å²) < 4.78 is 5.67. The van der Waals surface area contributed by atoms with E-state index < -0.39 is 5.92 Å².